The Morgan fingerprint density at radius 1 is 0.900 bits per heavy atom. The molecule has 0 aliphatic rings. The highest BCUT2D eigenvalue weighted by Gasteiger charge is 2.20. The number of benzene rings is 3. The Morgan fingerprint density at radius 2 is 1.53 bits per heavy atom. The number of non-ortho nitro benzene ring substituents is 2. The van der Waals surface area contributed by atoms with E-state index in [1.54, 1.807) is 36.4 Å². The second-order valence-electron chi connectivity index (χ2n) is 6.85. The predicted octanol–water partition coefficient (Wildman–Crippen LogP) is 5.24. The quantitative estimate of drug-likeness (QED) is 0.311. The van der Waals surface area contributed by atoms with Gasteiger partial charge in [0.05, 0.1) is 15.9 Å². The van der Waals surface area contributed by atoms with Crippen molar-refractivity contribution in [2.45, 2.75) is 19.4 Å². The summed E-state index contributed by atoms with van der Waals surface area (Å²) in [5.41, 5.74) is 2.58. The number of hydrogen-bond acceptors (Lipinski definition) is 6. The van der Waals surface area contributed by atoms with E-state index in [0.29, 0.717) is 16.8 Å². The monoisotopic (exact) mass is 405 g/mol. The highest BCUT2D eigenvalue weighted by Crippen LogP contribution is 2.28. The molecule has 1 N–H and O–H groups in total. The van der Waals surface area contributed by atoms with E-state index in [0.717, 1.165) is 5.56 Å². The predicted molar refractivity (Wildman–Crippen MR) is 113 cm³/mol. The number of anilines is 1. The number of Topliss-reactive ketones (excluding diaryl/α,β-unsaturated/α-hetero) is 1. The van der Waals surface area contributed by atoms with Crippen LogP contribution in [0, 0.1) is 27.2 Å². The summed E-state index contributed by atoms with van der Waals surface area (Å²) in [5.74, 6) is -0.124. The number of nitro benzene ring substituents is 2. The van der Waals surface area contributed by atoms with Crippen LogP contribution < -0.4 is 5.32 Å². The van der Waals surface area contributed by atoms with E-state index >= 15 is 0 Å². The zero-order valence-corrected chi connectivity index (χ0v) is 16.1. The molecule has 0 heterocycles. The fraction of sp³-hybridized carbons (Fsp3) is 0.136. The molecular weight excluding hydrogens is 386 g/mol. The minimum Gasteiger partial charge on any atom is -0.378 e. The van der Waals surface area contributed by atoms with Gasteiger partial charge in [-0.3, -0.25) is 25.0 Å². The summed E-state index contributed by atoms with van der Waals surface area (Å²) in [6.45, 7) is 1.93. The normalized spacial score (nSPS) is 11.5. The van der Waals surface area contributed by atoms with Crippen molar-refractivity contribution < 1.29 is 14.6 Å². The molecule has 0 radical (unpaired) electrons. The van der Waals surface area contributed by atoms with Crippen LogP contribution in [-0.4, -0.2) is 15.6 Å². The lowest BCUT2D eigenvalue weighted by atomic mass is 9.96. The van der Waals surface area contributed by atoms with Crippen LogP contribution in [0.25, 0.3) is 0 Å². The number of aryl methyl sites for hydroxylation is 1. The maximum Gasteiger partial charge on any atom is 0.269 e. The van der Waals surface area contributed by atoms with Gasteiger partial charge in [0.1, 0.15) is 0 Å². The van der Waals surface area contributed by atoms with Crippen molar-refractivity contribution in [3.05, 3.63) is 110 Å². The molecule has 3 rings (SSSR count). The third-order valence-electron chi connectivity index (χ3n) is 4.67. The third-order valence-corrected chi connectivity index (χ3v) is 4.67. The molecule has 3 aromatic carbocycles. The van der Waals surface area contributed by atoms with E-state index in [2.05, 4.69) is 5.32 Å². The van der Waals surface area contributed by atoms with Crippen LogP contribution in [-0.2, 0) is 0 Å². The SMILES string of the molecule is Cc1ccc(C(=O)CC(Nc2ccc([N+](=O)[O-])cc2)c2cccc([N+](=O)[O-])c2)cc1. The number of nitro groups is 2. The van der Waals surface area contributed by atoms with Crippen molar-refractivity contribution in [3.63, 3.8) is 0 Å². The first-order valence-electron chi connectivity index (χ1n) is 9.18. The molecule has 8 nitrogen and oxygen atoms in total. The fourth-order valence-electron chi connectivity index (χ4n) is 3.03. The molecule has 30 heavy (non-hydrogen) atoms. The zero-order chi connectivity index (χ0) is 21.7. The van der Waals surface area contributed by atoms with Gasteiger partial charge in [-0.05, 0) is 24.6 Å². The minimum atomic E-state index is -0.555. The molecule has 3 aromatic rings. The van der Waals surface area contributed by atoms with E-state index in [1.807, 2.05) is 19.1 Å². The molecular formula is C22H19N3O5. The average molecular weight is 405 g/mol. The standard InChI is InChI=1S/C22H19N3O5/c1-15-5-7-16(8-6-15)22(26)14-21(17-3-2-4-20(13-17)25(29)30)23-18-9-11-19(12-10-18)24(27)28/h2-13,21,23H,14H2,1H3. The molecule has 1 unspecified atom stereocenters. The Hall–Kier alpha value is -4.07. The number of ketones is 1. The summed E-state index contributed by atoms with van der Waals surface area (Å²) in [4.78, 5) is 33.9. The highest BCUT2D eigenvalue weighted by molar-refractivity contribution is 5.96. The van der Waals surface area contributed by atoms with E-state index in [4.69, 9.17) is 0 Å². The Kier molecular flexibility index (Phi) is 6.17. The van der Waals surface area contributed by atoms with Gasteiger partial charge in [-0.2, -0.15) is 0 Å². The lowest BCUT2D eigenvalue weighted by Gasteiger charge is -2.20. The summed E-state index contributed by atoms with van der Waals surface area (Å²) in [6, 6.07) is 18.5. The van der Waals surface area contributed by atoms with Crippen molar-refractivity contribution in [3.8, 4) is 0 Å². The molecule has 0 saturated carbocycles. The Labute approximate surface area is 172 Å². The molecule has 1 atom stereocenters. The first-order chi connectivity index (χ1) is 14.3. The first kappa shape index (κ1) is 20.7. The maximum atomic E-state index is 12.8. The Bertz CT molecular complexity index is 1080. The molecule has 152 valence electrons. The van der Waals surface area contributed by atoms with Gasteiger partial charge in [-0.25, -0.2) is 0 Å². The molecule has 0 fully saturated rings. The van der Waals surface area contributed by atoms with Crippen LogP contribution in [0.4, 0.5) is 17.1 Å². The van der Waals surface area contributed by atoms with E-state index in [9.17, 15) is 25.0 Å². The van der Waals surface area contributed by atoms with Crippen LogP contribution >= 0.6 is 0 Å². The van der Waals surface area contributed by atoms with Crippen LogP contribution in [0.5, 0.6) is 0 Å². The summed E-state index contributed by atoms with van der Waals surface area (Å²) >= 11 is 0. The Balaban J connectivity index is 1.90. The van der Waals surface area contributed by atoms with E-state index in [1.165, 1.54) is 24.3 Å². The van der Waals surface area contributed by atoms with Crippen molar-refractivity contribution in [2.24, 2.45) is 0 Å². The molecule has 0 spiro atoms. The lowest BCUT2D eigenvalue weighted by molar-refractivity contribution is -0.385. The second kappa shape index (κ2) is 8.95. The van der Waals surface area contributed by atoms with Gasteiger partial charge < -0.3 is 5.32 Å². The summed E-state index contributed by atoms with van der Waals surface area (Å²) in [7, 11) is 0. The van der Waals surface area contributed by atoms with Gasteiger partial charge in [0, 0.05) is 41.9 Å². The third kappa shape index (κ3) is 5.05. The van der Waals surface area contributed by atoms with Gasteiger partial charge in [-0.1, -0.05) is 42.0 Å². The molecule has 0 amide bonds. The number of rotatable bonds is 8. The number of nitrogens with zero attached hydrogens (tertiary/aromatic N) is 2. The van der Waals surface area contributed by atoms with Crippen LogP contribution in [0.2, 0.25) is 0 Å². The van der Waals surface area contributed by atoms with Crippen LogP contribution in [0.3, 0.4) is 0 Å². The molecule has 8 heteroatoms. The van der Waals surface area contributed by atoms with Crippen molar-refractivity contribution in [2.75, 3.05) is 5.32 Å². The smallest absolute Gasteiger partial charge is 0.269 e. The van der Waals surface area contributed by atoms with Gasteiger partial charge in [0.15, 0.2) is 5.78 Å². The van der Waals surface area contributed by atoms with E-state index < -0.39 is 15.9 Å². The zero-order valence-electron chi connectivity index (χ0n) is 16.1. The number of carbonyl (C=O) groups excluding carboxylic acids is 1. The van der Waals surface area contributed by atoms with Crippen LogP contribution in [0.15, 0.2) is 72.8 Å². The second-order valence-corrected chi connectivity index (χ2v) is 6.85. The van der Waals surface area contributed by atoms with Crippen molar-refractivity contribution in [1.29, 1.82) is 0 Å². The summed E-state index contributed by atoms with van der Waals surface area (Å²) < 4.78 is 0. The fourth-order valence-corrected chi connectivity index (χ4v) is 3.03. The van der Waals surface area contributed by atoms with Gasteiger partial charge in [0.2, 0.25) is 0 Å². The molecule has 0 aliphatic carbocycles. The van der Waals surface area contributed by atoms with Crippen molar-refractivity contribution >= 4 is 22.8 Å². The first-order valence-corrected chi connectivity index (χ1v) is 9.18. The largest absolute Gasteiger partial charge is 0.378 e. The molecule has 0 bridgehead atoms. The van der Waals surface area contributed by atoms with E-state index in [-0.39, 0.29) is 23.6 Å². The highest BCUT2D eigenvalue weighted by atomic mass is 16.6. The van der Waals surface area contributed by atoms with Gasteiger partial charge in [0.25, 0.3) is 11.4 Å². The summed E-state index contributed by atoms with van der Waals surface area (Å²) in [5, 5.41) is 25.2. The van der Waals surface area contributed by atoms with Crippen molar-refractivity contribution in [1.82, 2.24) is 0 Å². The molecule has 0 saturated heterocycles. The molecule has 0 aromatic heterocycles. The number of nitrogens with one attached hydrogen (secondary N) is 1. The number of carbonyl (C=O) groups is 1. The maximum absolute atomic E-state index is 12.8. The lowest BCUT2D eigenvalue weighted by Crippen LogP contribution is -2.16. The van der Waals surface area contributed by atoms with Gasteiger partial charge in [-0.15, -0.1) is 0 Å². The van der Waals surface area contributed by atoms with Crippen LogP contribution in [0.1, 0.15) is 33.9 Å². The average Bonchev–Trinajstić information content (AvgIpc) is 2.74. The number of hydrogen-bond donors (Lipinski definition) is 1. The van der Waals surface area contributed by atoms with Gasteiger partial charge >= 0.3 is 0 Å². The molecule has 0 aliphatic heterocycles. The minimum absolute atomic E-state index is 0.0526. The Morgan fingerprint density at radius 3 is 2.13 bits per heavy atom. The topological polar surface area (TPSA) is 115 Å². The summed E-state index contributed by atoms with van der Waals surface area (Å²) in [6.07, 6.45) is 0.0568.